The zero-order valence-electron chi connectivity index (χ0n) is 11.2. The van der Waals surface area contributed by atoms with Crippen molar-refractivity contribution in [3.63, 3.8) is 0 Å². The van der Waals surface area contributed by atoms with Crippen LogP contribution in [0.5, 0.6) is 0 Å². The summed E-state index contributed by atoms with van der Waals surface area (Å²) >= 11 is 1.35. The summed E-state index contributed by atoms with van der Waals surface area (Å²) in [5.41, 5.74) is 0.0488. The summed E-state index contributed by atoms with van der Waals surface area (Å²) in [6.45, 7) is 0. The van der Waals surface area contributed by atoms with Crippen LogP contribution in [0.1, 0.15) is 36.2 Å². The third kappa shape index (κ3) is 3.47. The van der Waals surface area contributed by atoms with Crippen LogP contribution in [0.3, 0.4) is 0 Å². The molecule has 0 saturated heterocycles. The van der Waals surface area contributed by atoms with Gasteiger partial charge in [0, 0.05) is 11.8 Å². The molecular weight excluding hydrogens is 280 g/mol. The van der Waals surface area contributed by atoms with Crippen molar-refractivity contribution in [3.05, 3.63) is 27.9 Å². The van der Waals surface area contributed by atoms with Crippen LogP contribution in [0.4, 0.5) is 5.69 Å². The molecule has 1 aromatic heterocycles. The highest BCUT2D eigenvalue weighted by Gasteiger charge is 2.22. The summed E-state index contributed by atoms with van der Waals surface area (Å²) in [4.78, 5) is 26.1. The molecule has 20 heavy (non-hydrogen) atoms. The van der Waals surface area contributed by atoms with Gasteiger partial charge in [0.1, 0.15) is 5.69 Å². The maximum Gasteiger partial charge on any atom is 0.356 e. The third-order valence-electron chi connectivity index (χ3n) is 3.36. The van der Waals surface area contributed by atoms with Gasteiger partial charge >= 0.3 is 11.7 Å². The average molecular weight is 296 g/mol. The highest BCUT2D eigenvalue weighted by atomic mass is 32.2. The first-order chi connectivity index (χ1) is 9.61. The Balaban J connectivity index is 2.17. The summed E-state index contributed by atoms with van der Waals surface area (Å²) in [6, 6.07) is 2.64. The Bertz CT molecular complexity index is 515. The second kappa shape index (κ2) is 6.69. The fourth-order valence-corrected chi connectivity index (χ4v) is 3.45. The number of nitro groups is 1. The van der Waals surface area contributed by atoms with Gasteiger partial charge in [-0.3, -0.25) is 10.1 Å². The molecule has 1 aliphatic rings. The average Bonchev–Trinajstić information content (AvgIpc) is 2.97. The van der Waals surface area contributed by atoms with Gasteiger partial charge < -0.3 is 4.74 Å². The molecule has 0 aliphatic heterocycles. The van der Waals surface area contributed by atoms with Gasteiger partial charge in [-0.15, -0.1) is 0 Å². The summed E-state index contributed by atoms with van der Waals surface area (Å²) < 4.78 is 4.59. The topological polar surface area (TPSA) is 82.3 Å². The van der Waals surface area contributed by atoms with Gasteiger partial charge in [0.2, 0.25) is 0 Å². The number of carbonyl (C=O) groups is 1. The van der Waals surface area contributed by atoms with Crippen molar-refractivity contribution in [1.29, 1.82) is 0 Å². The highest BCUT2D eigenvalue weighted by molar-refractivity contribution is 7.99. The number of aromatic nitrogens is 1. The molecule has 0 aromatic carbocycles. The number of hydrogen-bond donors (Lipinski definition) is 0. The summed E-state index contributed by atoms with van der Waals surface area (Å²) in [5, 5.41) is 11.3. The molecule has 1 aromatic rings. The van der Waals surface area contributed by atoms with E-state index in [1.54, 1.807) is 0 Å². The molecule has 108 valence electrons. The van der Waals surface area contributed by atoms with Gasteiger partial charge in [0.15, 0.2) is 5.03 Å². The minimum Gasteiger partial charge on any atom is -0.464 e. The van der Waals surface area contributed by atoms with Crippen LogP contribution in [-0.4, -0.2) is 28.7 Å². The van der Waals surface area contributed by atoms with Gasteiger partial charge in [-0.2, -0.15) is 0 Å². The number of rotatable bonds is 5. The summed E-state index contributed by atoms with van der Waals surface area (Å²) in [7, 11) is 1.26. The smallest absolute Gasteiger partial charge is 0.356 e. The van der Waals surface area contributed by atoms with Crippen molar-refractivity contribution in [2.75, 3.05) is 12.9 Å². The molecule has 0 N–H and O–H groups in total. The van der Waals surface area contributed by atoms with Gasteiger partial charge in [-0.05, 0) is 24.8 Å². The van der Waals surface area contributed by atoms with Gasteiger partial charge in [-0.25, -0.2) is 9.78 Å². The predicted molar refractivity (Wildman–Crippen MR) is 74.9 cm³/mol. The van der Waals surface area contributed by atoms with E-state index in [1.165, 1.54) is 43.8 Å². The number of carbonyl (C=O) groups excluding carboxylic acids is 1. The lowest BCUT2D eigenvalue weighted by atomic mass is 10.1. The molecule has 1 aliphatic carbocycles. The molecule has 0 amide bonds. The Morgan fingerprint density at radius 1 is 1.50 bits per heavy atom. The maximum absolute atomic E-state index is 11.4. The second-order valence-corrected chi connectivity index (χ2v) is 5.74. The molecule has 0 radical (unpaired) electrons. The van der Waals surface area contributed by atoms with Crippen molar-refractivity contribution in [2.45, 2.75) is 30.7 Å². The van der Waals surface area contributed by atoms with Crippen LogP contribution < -0.4 is 0 Å². The minimum absolute atomic E-state index is 0.0550. The zero-order chi connectivity index (χ0) is 14.5. The van der Waals surface area contributed by atoms with E-state index < -0.39 is 10.9 Å². The molecular formula is C13H16N2O4S. The number of ether oxygens (including phenoxy) is 1. The number of thioether (sulfide) groups is 1. The predicted octanol–water partition coefficient (Wildman–Crippen LogP) is 3.06. The Labute approximate surface area is 121 Å². The van der Waals surface area contributed by atoms with Crippen LogP contribution in [0.25, 0.3) is 0 Å². The number of pyridine rings is 1. The Morgan fingerprint density at radius 2 is 2.20 bits per heavy atom. The highest BCUT2D eigenvalue weighted by Crippen LogP contribution is 2.34. The first-order valence-corrected chi connectivity index (χ1v) is 7.47. The number of methoxy groups -OCH3 is 1. The molecule has 7 heteroatoms. The lowest BCUT2D eigenvalue weighted by Gasteiger charge is -2.08. The van der Waals surface area contributed by atoms with Gasteiger partial charge in [0.05, 0.1) is 12.0 Å². The SMILES string of the molecule is COC(=O)c1ccc([N+](=O)[O-])c(SCC2CCCC2)n1. The maximum atomic E-state index is 11.4. The van der Waals surface area contributed by atoms with Crippen molar-refractivity contribution in [1.82, 2.24) is 4.98 Å². The molecule has 2 rings (SSSR count). The molecule has 1 saturated carbocycles. The molecule has 0 spiro atoms. The van der Waals surface area contributed by atoms with Crippen LogP contribution in [-0.2, 0) is 4.74 Å². The molecule has 0 unspecified atom stereocenters. The van der Waals surface area contributed by atoms with Crippen LogP contribution in [0.2, 0.25) is 0 Å². The monoisotopic (exact) mass is 296 g/mol. The van der Waals surface area contributed by atoms with E-state index in [-0.39, 0.29) is 11.4 Å². The third-order valence-corrected chi connectivity index (χ3v) is 4.57. The van der Waals surface area contributed by atoms with E-state index in [9.17, 15) is 14.9 Å². The fourth-order valence-electron chi connectivity index (χ4n) is 2.27. The largest absolute Gasteiger partial charge is 0.464 e. The number of esters is 1. The molecule has 1 heterocycles. The quantitative estimate of drug-likeness (QED) is 0.359. The minimum atomic E-state index is -0.581. The number of hydrogen-bond acceptors (Lipinski definition) is 6. The Hall–Kier alpha value is -1.63. The van der Waals surface area contributed by atoms with E-state index in [4.69, 9.17) is 0 Å². The Morgan fingerprint density at radius 3 is 2.80 bits per heavy atom. The van der Waals surface area contributed by atoms with Crippen LogP contribution in [0, 0.1) is 16.0 Å². The van der Waals surface area contributed by atoms with Crippen molar-refractivity contribution < 1.29 is 14.5 Å². The van der Waals surface area contributed by atoms with Crippen molar-refractivity contribution in [2.24, 2.45) is 5.92 Å². The normalized spacial score (nSPS) is 15.2. The first-order valence-electron chi connectivity index (χ1n) is 6.48. The van der Waals surface area contributed by atoms with Crippen molar-refractivity contribution in [3.8, 4) is 0 Å². The molecule has 0 atom stereocenters. The molecule has 6 nitrogen and oxygen atoms in total. The molecule has 1 fully saturated rings. The Kier molecular flexibility index (Phi) is 4.94. The van der Waals surface area contributed by atoms with Gasteiger partial charge in [0.25, 0.3) is 0 Å². The fraction of sp³-hybridized carbons (Fsp3) is 0.538. The first kappa shape index (κ1) is 14.8. The van der Waals surface area contributed by atoms with E-state index in [1.807, 2.05) is 0 Å². The second-order valence-electron chi connectivity index (χ2n) is 4.73. The lowest BCUT2D eigenvalue weighted by molar-refractivity contribution is -0.388. The molecule has 0 bridgehead atoms. The standard InChI is InChI=1S/C13H16N2O4S/c1-19-13(16)10-6-7-11(15(17)18)12(14-10)20-8-9-4-2-3-5-9/h6-7,9H,2-5,8H2,1H3. The summed E-state index contributed by atoms with van der Waals surface area (Å²) in [6.07, 6.45) is 4.78. The van der Waals surface area contributed by atoms with E-state index in [0.29, 0.717) is 10.9 Å². The van der Waals surface area contributed by atoms with E-state index in [0.717, 1.165) is 18.6 Å². The van der Waals surface area contributed by atoms with E-state index >= 15 is 0 Å². The summed E-state index contributed by atoms with van der Waals surface area (Å²) in [5.74, 6) is 0.809. The van der Waals surface area contributed by atoms with Gasteiger partial charge in [-0.1, -0.05) is 24.6 Å². The van der Waals surface area contributed by atoms with Crippen LogP contribution in [0.15, 0.2) is 17.2 Å². The van der Waals surface area contributed by atoms with Crippen LogP contribution >= 0.6 is 11.8 Å². The number of nitrogens with zero attached hydrogens (tertiary/aromatic N) is 2. The van der Waals surface area contributed by atoms with Crippen molar-refractivity contribution >= 4 is 23.4 Å². The van der Waals surface area contributed by atoms with E-state index in [2.05, 4.69) is 9.72 Å². The lowest BCUT2D eigenvalue weighted by Crippen LogP contribution is -2.07. The zero-order valence-corrected chi connectivity index (χ0v) is 12.0.